The van der Waals surface area contributed by atoms with Crippen molar-refractivity contribution in [1.29, 1.82) is 0 Å². The lowest BCUT2D eigenvalue weighted by atomic mass is 10.1. The Morgan fingerprint density at radius 3 is 2.21 bits per heavy atom. The van der Waals surface area contributed by atoms with Crippen molar-refractivity contribution in [3.63, 3.8) is 0 Å². The van der Waals surface area contributed by atoms with E-state index in [2.05, 4.69) is 5.32 Å². The highest BCUT2D eigenvalue weighted by molar-refractivity contribution is 7.92. The number of benzene rings is 3. The average molecular weight is 645 g/mol. The van der Waals surface area contributed by atoms with E-state index in [1.807, 2.05) is 6.92 Å². The van der Waals surface area contributed by atoms with Gasteiger partial charge in [-0.3, -0.25) is 13.9 Å². The van der Waals surface area contributed by atoms with Gasteiger partial charge in [0.05, 0.1) is 26.2 Å². The summed E-state index contributed by atoms with van der Waals surface area (Å²) >= 11 is 12.2. The smallest absolute Gasteiger partial charge is 0.354 e. The number of hydrogen-bond donors (Lipinski definition) is 1. The first-order chi connectivity index (χ1) is 19.8. The Kier molecular flexibility index (Phi) is 11.3. The van der Waals surface area contributed by atoms with Crippen LogP contribution in [0.3, 0.4) is 0 Å². The molecule has 1 atom stereocenters. The number of anilines is 1. The molecule has 0 saturated carbocycles. The summed E-state index contributed by atoms with van der Waals surface area (Å²) < 4.78 is 68.9. The van der Waals surface area contributed by atoms with Crippen LogP contribution in [-0.2, 0) is 32.3 Å². The molecule has 0 spiro atoms. The molecule has 3 rings (SSSR count). The van der Waals surface area contributed by atoms with E-state index in [0.717, 1.165) is 12.1 Å². The van der Waals surface area contributed by atoms with Crippen molar-refractivity contribution in [2.45, 2.75) is 50.3 Å². The van der Waals surface area contributed by atoms with Crippen molar-refractivity contribution >= 4 is 50.7 Å². The zero-order valence-corrected chi connectivity index (χ0v) is 25.2. The molecule has 0 aromatic heterocycles. The van der Waals surface area contributed by atoms with Crippen molar-refractivity contribution < 1.29 is 31.2 Å². The first kappa shape index (κ1) is 33.2. The van der Waals surface area contributed by atoms with Gasteiger partial charge in [0.2, 0.25) is 11.8 Å². The van der Waals surface area contributed by atoms with Crippen molar-refractivity contribution in [2.24, 2.45) is 0 Å². The normalized spacial score (nSPS) is 12.5. The first-order valence-corrected chi connectivity index (χ1v) is 15.2. The van der Waals surface area contributed by atoms with Crippen LogP contribution < -0.4 is 9.62 Å². The third-order valence-corrected chi connectivity index (χ3v) is 8.87. The number of nitrogens with zero attached hydrogens (tertiary/aromatic N) is 2. The van der Waals surface area contributed by atoms with Crippen LogP contribution in [0.4, 0.5) is 18.9 Å². The highest BCUT2D eigenvalue weighted by Crippen LogP contribution is 2.33. The maximum Gasteiger partial charge on any atom is 0.416 e. The summed E-state index contributed by atoms with van der Waals surface area (Å²) in [4.78, 5) is 28.1. The second-order valence-electron chi connectivity index (χ2n) is 9.36. The fraction of sp³-hybridized carbons (Fsp3) is 0.310. The Morgan fingerprint density at radius 2 is 1.62 bits per heavy atom. The highest BCUT2D eigenvalue weighted by atomic mass is 35.5. The van der Waals surface area contributed by atoms with Crippen molar-refractivity contribution in [1.82, 2.24) is 10.2 Å². The molecule has 1 N–H and O–H groups in total. The summed E-state index contributed by atoms with van der Waals surface area (Å²) in [5, 5.41) is 3.24. The fourth-order valence-electron chi connectivity index (χ4n) is 4.21. The van der Waals surface area contributed by atoms with Gasteiger partial charge < -0.3 is 10.2 Å². The van der Waals surface area contributed by atoms with Gasteiger partial charge in [-0.15, -0.1) is 0 Å². The summed E-state index contributed by atoms with van der Waals surface area (Å²) in [5.41, 5.74) is -0.935. The van der Waals surface area contributed by atoms with E-state index in [0.29, 0.717) is 28.9 Å². The number of hydrogen-bond acceptors (Lipinski definition) is 4. The standard InChI is InChI=1S/C29H30Cl2F3N3O4S/c1-3-15-35-28(39)26(4-2)36(18-20-13-14-24(30)25(31)16-20)27(38)19-37(42(40,41)23-11-6-5-7-12-23)22-10-8-9-21(17-22)29(32,33)34/h5-14,16-17,26H,3-4,15,18-19H2,1-2H3,(H,35,39)/t26-/m0/s1. The summed E-state index contributed by atoms with van der Waals surface area (Å²) in [5.74, 6) is -1.26. The molecule has 0 bridgehead atoms. The summed E-state index contributed by atoms with van der Waals surface area (Å²) in [6, 6.07) is 14.4. The Bertz CT molecular complexity index is 1510. The van der Waals surface area contributed by atoms with Gasteiger partial charge in [0, 0.05) is 13.1 Å². The molecule has 0 aliphatic heterocycles. The van der Waals surface area contributed by atoms with E-state index in [9.17, 15) is 31.2 Å². The number of sulfonamides is 1. The Labute approximate surface area is 253 Å². The molecule has 0 heterocycles. The van der Waals surface area contributed by atoms with E-state index in [1.165, 1.54) is 47.4 Å². The maximum absolute atomic E-state index is 14.0. The summed E-state index contributed by atoms with van der Waals surface area (Å²) in [7, 11) is -4.52. The molecular weight excluding hydrogens is 614 g/mol. The average Bonchev–Trinajstić information content (AvgIpc) is 2.96. The van der Waals surface area contributed by atoms with Gasteiger partial charge in [-0.25, -0.2) is 8.42 Å². The van der Waals surface area contributed by atoms with Crippen molar-refractivity contribution in [2.75, 3.05) is 17.4 Å². The lowest BCUT2D eigenvalue weighted by Gasteiger charge is -2.33. The maximum atomic E-state index is 14.0. The van der Waals surface area contributed by atoms with Crippen LogP contribution in [0, 0.1) is 0 Å². The van der Waals surface area contributed by atoms with Crippen molar-refractivity contribution in [3.8, 4) is 0 Å². The van der Waals surface area contributed by atoms with E-state index in [1.54, 1.807) is 19.1 Å². The summed E-state index contributed by atoms with van der Waals surface area (Å²) in [6.07, 6.45) is -3.94. The first-order valence-electron chi connectivity index (χ1n) is 13.1. The zero-order valence-electron chi connectivity index (χ0n) is 22.9. The molecule has 0 fully saturated rings. The largest absolute Gasteiger partial charge is 0.416 e. The van der Waals surface area contributed by atoms with Gasteiger partial charge in [-0.1, -0.05) is 67.4 Å². The fourth-order valence-corrected chi connectivity index (χ4v) is 5.95. The highest BCUT2D eigenvalue weighted by Gasteiger charge is 2.36. The van der Waals surface area contributed by atoms with E-state index in [4.69, 9.17) is 23.2 Å². The Balaban J connectivity index is 2.11. The molecule has 0 saturated heterocycles. The topological polar surface area (TPSA) is 86.8 Å². The molecule has 0 aliphatic carbocycles. The summed E-state index contributed by atoms with van der Waals surface area (Å²) in [6.45, 7) is 2.88. The molecule has 0 unspecified atom stereocenters. The number of alkyl halides is 3. The second-order valence-corrected chi connectivity index (χ2v) is 12.0. The molecule has 3 aromatic rings. The molecule has 226 valence electrons. The predicted octanol–water partition coefficient (Wildman–Crippen LogP) is 6.54. The van der Waals surface area contributed by atoms with Gasteiger partial charge in [-0.2, -0.15) is 13.2 Å². The van der Waals surface area contributed by atoms with Gasteiger partial charge in [0.15, 0.2) is 0 Å². The van der Waals surface area contributed by atoms with E-state index in [-0.39, 0.29) is 33.6 Å². The minimum Gasteiger partial charge on any atom is -0.354 e. The molecule has 13 heteroatoms. The van der Waals surface area contributed by atoms with Gasteiger partial charge in [-0.05, 0) is 60.9 Å². The van der Waals surface area contributed by atoms with E-state index < -0.39 is 46.2 Å². The zero-order chi connectivity index (χ0) is 31.1. The number of rotatable bonds is 12. The van der Waals surface area contributed by atoms with Gasteiger partial charge >= 0.3 is 6.18 Å². The van der Waals surface area contributed by atoms with E-state index >= 15 is 0 Å². The van der Waals surface area contributed by atoms with Gasteiger partial charge in [0.1, 0.15) is 12.6 Å². The molecule has 2 amide bonds. The molecule has 7 nitrogen and oxygen atoms in total. The SMILES string of the molecule is CCCNC(=O)[C@H](CC)N(Cc1ccc(Cl)c(Cl)c1)C(=O)CN(c1cccc(C(F)(F)F)c1)S(=O)(=O)c1ccccc1. The third kappa shape index (κ3) is 8.17. The van der Waals surface area contributed by atoms with Gasteiger partial charge in [0.25, 0.3) is 10.0 Å². The molecule has 3 aromatic carbocycles. The predicted molar refractivity (Wildman–Crippen MR) is 157 cm³/mol. The lowest BCUT2D eigenvalue weighted by molar-refractivity contribution is -0.140. The second kappa shape index (κ2) is 14.3. The Hall–Kier alpha value is -3.28. The van der Waals surface area contributed by atoms with Crippen LogP contribution >= 0.6 is 23.2 Å². The van der Waals surface area contributed by atoms with Crippen LogP contribution in [0.2, 0.25) is 10.0 Å². The number of nitrogens with one attached hydrogen (secondary N) is 1. The number of carbonyl (C=O) groups excluding carboxylic acids is 2. The minimum absolute atomic E-state index is 0.143. The minimum atomic E-state index is -4.76. The van der Waals surface area contributed by atoms with Crippen LogP contribution in [-0.4, -0.2) is 44.3 Å². The van der Waals surface area contributed by atoms with Crippen LogP contribution in [0.15, 0.2) is 77.7 Å². The third-order valence-electron chi connectivity index (χ3n) is 6.34. The Morgan fingerprint density at radius 1 is 0.929 bits per heavy atom. The van der Waals surface area contributed by atoms with Crippen LogP contribution in [0.1, 0.15) is 37.8 Å². The number of amides is 2. The number of carbonyl (C=O) groups is 2. The van der Waals surface area contributed by atoms with Crippen molar-refractivity contribution in [3.05, 3.63) is 94.0 Å². The molecule has 42 heavy (non-hydrogen) atoms. The van der Waals surface area contributed by atoms with Crippen LogP contribution in [0.25, 0.3) is 0 Å². The molecular formula is C29H30Cl2F3N3O4S. The number of halogens is 5. The molecule has 0 aliphatic rings. The van der Waals surface area contributed by atoms with Crippen LogP contribution in [0.5, 0.6) is 0 Å². The lowest BCUT2D eigenvalue weighted by Crippen LogP contribution is -2.52. The monoisotopic (exact) mass is 643 g/mol. The molecule has 0 radical (unpaired) electrons. The quantitative estimate of drug-likeness (QED) is 0.243.